The van der Waals surface area contributed by atoms with Gasteiger partial charge in [-0.1, -0.05) is 36.4 Å². The van der Waals surface area contributed by atoms with Crippen molar-refractivity contribution in [2.24, 2.45) is 0 Å². The number of rotatable bonds is 5. The number of anilines is 2. The van der Waals surface area contributed by atoms with Crippen LogP contribution in [0.2, 0.25) is 0 Å². The minimum absolute atomic E-state index is 0.303. The lowest BCUT2D eigenvalue weighted by molar-refractivity contribution is 0.620. The molecular formula is C26H28N6. The normalized spacial score (nSPS) is 14.2. The Hall–Kier alpha value is -3.80. The monoisotopic (exact) mass is 424 g/mol. The van der Waals surface area contributed by atoms with Crippen LogP contribution in [-0.4, -0.2) is 48.4 Å². The van der Waals surface area contributed by atoms with Gasteiger partial charge in [0, 0.05) is 62.7 Å². The van der Waals surface area contributed by atoms with Gasteiger partial charge in [-0.2, -0.15) is 5.10 Å². The molecule has 2 aromatic heterocycles. The third-order valence-corrected chi connectivity index (χ3v) is 6.38. The molecule has 0 saturated heterocycles. The van der Waals surface area contributed by atoms with Gasteiger partial charge in [0.2, 0.25) is 0 Å². The second kappa shape index (κ2) is 7.71. The average Bonchev–Trinajstić information content (AvgIpc) is 3.48. The SMILES string of the molecule is CN(C)c1cccc(C2(c3cccc(N(C)C)c3)C=Cc3c(-c4cnc[nH]4)n[nH]c3C2)c1. The first-order valence-corrected chi connectivity index (χ1v) is 10.8. The largest absolute Gasteiger partial charge is 0.378 e. The number of imidazole rings is 1. The van der Waals surface area contributed by atoms with Crippen LogP contribution in [0.4, 0.5) is 11.4 Å². The van der Waals surface area contributed by atoms with Crippen molar-refractivity contribution in [3.05, 3.63) is 89.5 Å². The maximum absolute atomic E-state index is 4.62. The van der Waals surface area contributed by atoms with Crippen molar-refractivity contribution in [2.75, 3.05) is 38.0 Å². The molecule has 6 nitrogen and oxygen atoms in total. The van der Waals surface area contributed by atoms with Crippen LogP contribution in [0.3, 0.4) is 0 Å². The third kappa shape index (κ3) is 3.28. The molecule has 2 heterocycles. The summed E-state index contributed by atoms with van der Waals surface area (Å²) in [7, 11) is 8.33. The molecule has 0 radical (unpaired) electrons. The number of aromatic amines is 2. The Bertz CT molecular complexity index is 1210. The standard InChI is InChI=1S/C26H28N6/c1-31(2)20-9-5-7-18(13-20)26(19-8-6-10-21(14-19)32(3)4)12-11-22-23(15-26)29-30-25(22)24-16-27-17-28-24/h5-14,16-17H,15H2,1-4H3,(H,27,28)(H,29,30). The van der Waals surface area contributed by atoms with E-state index in [0.717, 1.165) is 29.1 Å². The molecule has 0 bridgehead atoms. The van der Waals surface area contributed by atoms with Gasteiger partial charge in [-0.15, -0.1) is 0 Å². The molecule has 0 atom stereocenters. The van der Waals surface area contributed by atoms with Crippen molar-refractivity contribution in [3.8, 4) is 11.4 Å². The first kappa shape index (κ1) is 20.1. The van der Waals surface area contributed by atoms with Gasteiger partial charge in [0.1, 0.15) is 5.69 Å². The fraction of sp³-hybridized carbons (Fsp3) is 0.231. The smallest absolute Gasteiger partial charge is 0.117 e. The molecule has 1 aliphatic rings. The third-order valence-electron chi connectivity index (χ3n) is 6.38. The van der Waals surface area contributed by atoms with E-state index in [1.165, 1.54) is 22.5 Å². The van der Waals surface area contributed by atoms with Crippen molar-refractivity contribution in [1.29, 1.82) is 0 Å². The molecule has 0 unspecified atom stereocenters. The molecule has 2 aromatic carbocycles. The average molecular weight is 425 g/mol. The second-order valence-electron chi connectivity index (χ2n) is 8.80. The summed E-state index contributed by atoms with van der Waals surface area (Å²) in [5, 5.41) is 7.93. The zero-order valence-electron chi connectivity index (χ0n) is 18.9. The molecule has 0 amide bonds. The maximum Gasteiger partial charge on any atom is 0.117 e. The number of nitrogens with one attached hydrogen (secondary N) is 2. The summed E-state index contributed by atoms with van der Waals surface area (Å²) in [5.74, 6) is 0. The van der Waals surface area contributed by atoms with Crippen LogP contribution >= 0.6 is 0 Å². The van der Waals surface area contributed by atoms with Crippen molar-refractivity contribution in [1.82, 2.24) is 20.2 Å². The van der Waals surface area contributed by atoms with Crippen molar-refractivity contribution < 1.29 is 0 Å². The van der Waals surface area contributed by atoms with Crippen LogP contribution in [0.25, 0.3) is 17.5 Å². The summed E-state index contributed by atoms with van der Waals surface area (Å²) in [6, 6.07) is 17.7. The Morgan fingerprint density at radius 3 is 2.12 bits per heavy atom. The van der Waals surface area contributed by atoms with E-state index in [2.05, 4.69) is 119 Å². The van der Waals surface area contributed by atoms with Crippen LogP contribution in [0, 0.1) is 0 Å². The molecule has 32 heavy (non-hydrogen) atoms. The highest BCUT2D eigenvalue weighted by molar-refractivity contribution is 5.75. The zero-order chi connectivity index (χ0) is 22.3. The van der Waals surface area contributed by atoms with Gasteiger partial charge in [-0.05, 0) is 35.4 Å². The number of hydrogen-bond donors (Lipinski definition) is 2. The number of nitrogens with zero attached hydrogens (tertiary/aromatic N) is 4. The summed E-state index contributed by atoms with van der Waals surface area (Å²) < 4.78 is 0. The zero-order valence-corrected chi connectivity index (χ0v) is 18.9. The predicted molar refractivity (Wildman–Crippen MR) is 131 cm³/mol. The number of hydrogen-bond acceptors (Lipinski definition) is 4. The molecule has 0 aliphatic heterocycles. The highest BCUT2D eigenvalue weighted by Crippen LogP contribution is 2.44. The molecule has 0 saturated carbocycles. The fourth-order valence-corrected chi connectivity index (χ4v) is 4.54. The van der Waals surface area contributed by atoms with Gasteiger partial charge in [0.15, 0.2) is 0 Å². The molecule has 4 aromatic rings. The van der Waals surface area contributed by atoms with Gasteiger partial charge >= 0.3 is 0 Å². The van der Waals surface area contributed by atoms with E-state index in [9.17, 15) is 0 Å². The first-order valence-electron chi connectivity index (χ1n) is 10.8. The van der Waals surface area contributed by atoms with E-state index in [1.54, 1.807) is 6.33 Å². The minimum atomic E-state index is -0.303. The van der Waals surface area contributed by atoms with Crippen LogP contribution in [0.15, 0.2) is 67.1 Å². The van der Waals surface area contributed by atoms with Gasteiger partial charge in [-0.3, -0.25) is 5.10 Å². The van der Waals surface area contributed by atoms with E-state index >= 15 is 0 Å². The Morgan fingerprint density at radius 1 is 0.906 bits per heavy atom. The van der Waals surface area contributed by atoms with E-state index in [0.29, 0.717) is 0 Å². The Kier molecular flexibility index (Phi) is 4.85. The number of fused-ring (bicyclic) bond motifs is 1. The topological polar surface area (TPSA) is 63.8 Å². The van der Waals surface area contributed by atoms with Crippen molar-refractivity contribution in [3.63, 3.8) is 0 Å². The molecule has 1 aliphatic carbocycles. The number of H-pyrrole nitrogens is 2. The quantitative estimate of drug-likeness (QED) is 0.496. The first-order chi connectivity index (χ1) is 15.5. The van der Waals surface area contributed by atoms with Crippen LogP contribution < -0.4 is 9.80 Å². The van der Waals surface area contributed by atoms with E-state index in [1.807, 2.05) is 6.20 Å². The molecular weight excluding hydrogens is 396 g/mol. The number of allylic oxidation sites excluding steroid dienone is 1. The maximum atomic E-state index is 4.62. The molecule has 5 rings (SSSR count). The summed E-state index contributed by atoms with van der Waals surface area (Å²) in [6.45, 7) is 0. The second-order valence-corrected chi connectivity index (χ2v) is 8.80. The van der Waals surface area contributed by atoms with E-state index in [-0.39, 0.29) is 5.41 Å². The predicted octanol–water partition coefficient (Wildman–Crippen LogP) is 4.49. The lowest BCUT2D eigenvalue weighted by Gasteiger charge is -2.35. The Balaban J connectivity index is 1.69. The molecule has 0 fully saturated rings. The Morgan fingerprint density at radius 2 is 1.56 bits per heavy atom. The van der Waals surface area contributed by atoms with Crippen LogP contribution in [0.5, 0.6) is 0 Å². The van der Waals surface area contributed by atoms with Crippen LogP contribution in [0.1, 0.15) is 22.4 Å². The summed E-state index contributed by atoms with van der Waals surface area (Å²) in [4.78, 5) is 11.6. The highest BCUT2D eigenvalue weighted by atomic mass is 15.1. The van der Waals surface area contributed by atoms with Crippen LogP contribution in [-0.2, 0) is 11.8 Å². The number of aromatic nitrogens is 4. The summed E-state index contributed by atoms with van der Waals surface area (Å²) in [5.41, 5.74) is 8.68. The van der Waals surface area contributed by atoms with Gasteiger partial charge in [0.05, 0.1) is 18.2 Å². The van der Waals surface area contributed by atoms with Crippen molar-refractivity contribution >= 4 is 17.5 Å². The summed E-state index contributed by atoms with van der Waals surface area (Å²) in [6.07, 6.45) is 8.85. The molecule has 6 heteroatoms. The lowest BCUT2D eigenvalue weighted by atomic mass is 9.68. The minimum Gasteiger partial charge on any atom is -0.378 e. The van der Waals surface area contributed by atoms with Gasteiger partial charge in [-0.25, -0.2) is 4.98 Å². The van der Waals surface area contributed by atoms with Crippen molar-refractivity contribution in [2.45, 2.75) is 11.8 Å². The molecule has 0 spiro atoms. The molecule has 162 valence electrons. The highest BCUT2D eigenvalue weighted by Gasteiger charge is 2.37. The summed E-state index contributed by atoms with van der Waals surface area (Å²) >= 11 is 0. The van der Waals surface area contributed by atoms with E-state index < -0.39 is 0 Å². The van der Waals surface area contributed by atoms with Gasteiger partial charge in [0.25, 0.3) is 0 Å². The Labute approximate surface area is 188 Å². The lowest BCUT2D eigenvalue weighted by Crippen LogP contribution is -2.31. The van der Waals surface area contributed by atoms with E-state index in [4.69, 9.17) is 0 Å². The number of benzene rings is 2. The molecule has 2 N–H and O–H groups in total. The fourth-order valence-electron chi connectivity index (χ4n) is 4.54. The van der Waals surface area contributed by atoms with Gasteiger partial charge < -0.3 is 14.8 Å².